The van der Waals surface area contributed by atoms with E-state index < -0.39 is 10.0 Å². The van der Waals surface area contributed by atoms with Crippen molar-refractivity contribution >= 4 is 21.6 Å². The van der Waals surface area contributed by atoms with Gasteiger partial charge in [0.2, 0.25) is 15.9 Å². The average molecular weight is 390 g/mol. The molecule has 0 bridgehead atoms. The molecule has 0 spiro atoms. The fourth-order valence-electron chi connectivity index (χ4n) is 3.22. The van der Waals surface area contributed by atoms with Gasteiger partial charge in [0.15, 0.2) is 0 Å². The molecule has 2 aromatic rings. The Morgan fingerprint density at radius 2 is 1.81 bits per heavy atom. The van der Waals surface area contributed by atoms with Gasteiger partial charge >= 0.3 is 0 Å². The van der Waals surface area contributed by atoms with E-state index in [1.54, 1.807) is 24.3 Å². The number of anilines is 1. The molecular weight excluding hydrogens is 367 g/mol. The number of halogens is 1. The number of piperidine rings is 1. The van der Waals surface area contributed by atoms with Crippen molar-refractivity contribution in [3.8, 4) is 0 Å². The maximum absolute atomic E-state index is 12.9. The summed E-state index contributed by atoms with van der Waals surface area (Å²) in [6, 6.07) is 11.9. The first-order valence-corrected chi connectivity index (χ1v) is 10.4. The van der Waals surface area contributed by atoms with E-state index in [1.807, 2.05) is 0 Å². The second kappa shape index (κ2) is 8.19. The minimum atomic E-state index is -3.51. The van der Waals surface area contributed by atoms with Crippen molar-refractivity contribution in [1.82, 2.24) is 4.31 Å². The van der Waals surface area contributed by atoms with Crippen molar-refractivity contribution in [3.63, 3.8) is 0 Å². The number of benzene rings is 2. The lowest BCUT2D eigenvalue weighted by Crippen LogP contribution is -2.39. The number of hydrogen-bond donors (Lipinski definition) is 1. The zero-order chi connectivity index (χ0) is 19.4. The lowest BCUT2D eigenvalue weighted by molar-refractivity contribution is -0.115. The summed E-state index contributed by atoms with van der Waals surface area (Å²) in [5, 5.41) is 2.73. The molecule has 0 aromatic heterocycles. The van der Waals surface area contributed by atoms with Crippen molar-refractivity contribution in [1.29, 1.82) is 0 Å². The molecular formula is C20H23FN2O3S. The summed E-state index contributed by atoms with van der Waals surface area (Å²) >= 11 is 0. The smallest absolute Gasteiger partial charge is 0.243 e. The molecule has 2 aromatic carbocycles. The number of sulfonamides is 1. The highest BCUT2D eigenvalue weighted by atomic mass is 32.2. The van der Waals surface area contributed by atoms with Gasteiger partial charge in [0.25, 0.3) is 0 Å². The summed E-state index contributed by atoms with van der Waals surface area (Å²) in [5.41, 5.74) is 1.22. The minimum Gasteiger partial charge on any atom is -0.326 e. The third-order valence-corrected chi connectivity index (χ3v) is 6.55. The van der Waals surface area contributed by atoms with Crippen LogP contribution in [0.1, 0.15) is 25.3 Å². The zero-order valence-electron chi connectivity index (χ0n) is 15.2. The Labute approximate surface area is 159 Å². The van der Waals surface area contributed by atoms with E-state index in [9.17, 15) is 17.6 Å². The van der Waals surface area contributed by atoms with Crippen LogP contribution in [-0.2, 0) is 21.2 Å². The van der Waals surface area contributed by atoms with Crippen LogP contribution in [0.25, 0.3) is 0 Å². The van der Waals surface area contributed by atoms with Crippen molar-refractivity contribution < 1.29 is 17.6 Å². The van der Waals surface area contributed by atoms with Gasteiger partial charge in [-0.15, -0.1) is 0 Å². The standard InChI is InChI=1S/C20H23FN2O3S/c1-15-3-2-12-23(14-15)27(25,26)19-10-8-18(9-11-19)22-20(24)13-16-4-6-17(21)7-5-16/h4-11,15H,2-3,12-14H2,1H3,(H,22,24). The molecule has 1 saturated heterocycles. The highest BCUT2D eigenvalue weighted by Crippen LogP contribution is 2.24. The zero-order valence-corrected chi connectivity index (χ0v) is 16.0. The largest absolute Gasteiger partial charge is 0.326 e. The second-order valence-electron chi connectivity index (χ2n) is 6.99. The summed E-state index contributed by atoms with van der Waals surface area (Å²) in [4.78, 5) is 12.3. The second-order valence-corrected chi connectivity index (χ2v) is 8.92. The lowest BCUT2D eigenvalue weighted by Gasteiger charge is -2.30. The van der Waals surface area contributed by atoms with Crippen LogP contribution < -0.4 is 5.32 Å². The summed E-state index contributed by atoms with van der Waals surface area (Å²) in [6.07, 6.45) is 2.04. The molecule has 1 aliphatic rings. The van der Waals surface area contributed by atoms with Gasteiger partial charge in [-0.1, -0.05) is 19.1 Å². The maximum atomic E-state index is 12.9. The van der Waals surface area contributed by atoms with E-state index in [2.05, 4.69) is 12.2 Å². The Balaban J connectivity index is 1.64. The van der Waals surface area contributed by atoms with Crippen LogP contribution in [-0.4, -0.2) is 31.7 Å². The van der Waals surface area contributed by atoms with Gasteiger partial charge in [-0.05, 0) is 60.7 Å². The number of carbonyl (C=O) groups is 1. The Bertz CT molecular complexity index is 896. The van der Waals surface area contributed by atoms with Crippen LogP contribution in [0.15, 0.2) is 53.4 Å². The van der Waals surface area contributed by atoms with Gasteiger partial charge in [0, 0.05) is 18.8 Å². The minimum absolute atomic E-state index is 0.117. The molecule has 0 saturated carbocycles. The maximum Gasteiger partial charge on any atom is 0.243 e. The molecule has 1 fully saturated rings. The number of nitrogens with one attached hydrogen (secondary N) is 1. The van der Waals surface area contributed by atoms with Crippen LogP contribution in [0.5, 0.6) is 0 Å². The van der Waals surface area contributed by atoms with Crippen LogP contribution >= 0.6 is 0 Å². The van der Waals surface area contributed by atoms with Gasteiger partial charge in [0.1, 0.15) is 5.82 Å². The van der Waals surface area contributed by atoms with Crippen molar-refractivity contribution in [2.24, 2.45) is 5.92 Å². The number of nitrogens with zero attached hydrogens (tertiary/aromatic N) is 1. The summed E-state index contributed by atoms with van der Waals surface area (Å²) < 4.78 is 39.9. The van der Waals surface area contributed by atoms with Crippen LogP contribution in [0.2, 0.25) is 0 Å². The predicted octanol–water partition coefficient (Wildman–Crippen LogP) is 3.43. The summed E-state index contributed by atoms with van der Waals surface area (Å²) in [5.74, 6) is -0.236. The monoisotopic (exact) mass is 390 g/mol. The van der Waals surface area contributed by atoms with Gasteiger partial charge in [-0.3, -0.25) is 4.79 Å². The molecule has 1 unspecified atom stereocenters. The van der Waals surface area contributed by atoms with Crippen LogP contribution in [0.4, 0.5) is 10.1 Å². The van der Waals surface area contributed by atoms with Crippen molar-refractivity contribution in [2.45, 2.75) is 31.1 Å². The first-order valence-electron chi connectivity index (χ1n) is 8.99. The van der Waals surface area contributed by atoms with Gasteiger partial charge < -0.3 is 5.32 Å². The molecule has 0 radical (unpaired) electrons. The molecule has 0 aliphatic carbocycles. The molecule has 1 aliphatic heterocycles. The van der Waals surface area contributed by atoms with E-state index in [0.717, 1.165) is 12.8 Å². The SMILES string of the molecule is CC1CCCN(S(=O)(=O)c2ccc(NC(=O)Cc3ccc(F)cc3)cc2)C1. The Hall–Kier alpha value is -2.25. The number of amides is 1. The van der Waals surface area contributed by atoms with E-state index in [0.29, 0.717) is 30.3 Å². The van der Waals surface area contributed by atoms with Crippen LogP contribution in [0.3, 0.4) is 0 Å². The Morgan fingerprint density at radius 1 is 1.15 bits per heavy atom. The van der Waals surface area contributed by atoms with E-state index in [-0.39, 0.29) is 23.0 Å². The molecule has 3 rings (SSSR count). The number of rotatable bonds is 5. The molecule has 7 heteroatoms. The number of hydrogen-bond acceptors (Lipinski definition) is 3. The average Bonchev–Trinajstić information content (AvgIpc) is 2.64. The first kappa shape index (κ1) is 19.5. The third kappa shape index (κ3) is 4.93. The van der Waals surface area contributed by atoms with Crippen molar-refractivity contribution in [2.75, 3.05) is 18.4 Å². The van der Waals surface area contributed by atoms with E-state index in [1.165, 1.54) is 28.6 Å². The third-order valence-electron chi connectivity index (χ3n) is 4.67. The molecule has 1 heterocycles. The number of carbonyl (C=O) groups excluding carboxylic acids is 1. The Morgan fingerprint density at radius 3 is 2.44 bits per heavy atom. The Kier molecular flexibility index (Phi) is 5.92. The summed E-state index contributed by atoms with van der Waals surface area (Å²) in [6.45, 7) is 3.14. The van der Waals surface area contributed by atoms with Gasteiger partial charge in [0.05, 0.1) is 11.3 Å². The predicted molar refractivity (Wildman–Crippen MR) is 102 cm³/mol. The highest BCUT2D eigenvalue weighted by molar-refractivity contribution is 7.89. The molecule has 1 N–H and O–H groups in total. The molecule has 5 nitrogen and oxygen atoms in total. The first-order chi connectivity index (χ1) is 12.8. The molecule has 1 atom stereocenters. The fraction of sp³-hybridized carbons (Fsp3) is 0.350. The van der Waals surface area contributed by atoms with E-state index >= 15 is 0 Å². The highest BCUT2D eigenvalue weighted by Gasteiger charge is 2.28. The van der Waals surface area contributed by atoms with Crippen LogP contribution in [0, 0.1) is 11.7 Å². The van der Waals surface area contributed by atoms with Gasteiger partial charge in [-0.25, -0.2) is 12.8 Å². The van der Waals surface area contributed by atoms with Gasteiger partial charge in [-0.2, -0.15) is 4.31 Å². The van der Waals surface area contributed by atoms with E-state index in [4.69, 9.17) is 0 Å². The fourth-order valence-corrected chi connectivity index (χ4v) is 4.82. The molecule has 144 valence electrons. The van der Waals surface area contributed by atoms with Crippen molar-refractivity contribution in [3.05, 3.63) is 59.9 Å². The topological polar surface area (TPSA) is 66.5 Å². The normalized spacial score (nSPS) is 18.2. The quantitative estimate of drug-likeness (QED) is 0.851. The molecule has 1 amide bonds. The summed E-state index contributed by atoms with van der Waals surface area (Å²) in [7, 11) is -3.51. The lowest BCUT2D eigenvalue weighted by atomic mass is 10.0. The molecule has 27 heavy (non-hydrogen) atoms.